The van der Waals surface area contributed by atoms with Crippen molar-refractivity contribution in [2.45, 2.75) is 13.5 Å². The van der Waals surface area contributed by atoms with E-state index in [4.69, 9.17) is 16.3 Å². The fourth-order valence-corrected chi connectivity index (χ4v) is 2.77. The third kappa shape index (κ3) is 6.21. The first-order valence-corrected chi connectivity index (χ1v) is 9.00. The molecule has 6 nitrogen and oxygen atoms in total. The lowest BCUT2D eigenvalue weighted by molar-refractivity contribution is -0.124. The van der Waals surface area contributed by atoms with Crippen molar-refractivity contribution in [1.29, 1.82) is 0 Å². The summed E-state index contributed by atoms with van der Waals surface area (Å²) in [5, 5.41) is 5.83. The van der Waals surface area contributed by atoms with Gasteiger partial charge in [0.25, 0.3) is 0 Å². The second-order valence-electron chi connectivity index (χ2n) is 6.38. The van der Waals surface area contributed by atoms with Crippen LogP contribution in [0.15, 0.2) is 36.4 Å². The van der Waals surface area contributed by atoms with Crippen molar-refractivity contribution in [2.75, 3.05) is 32.6 Å². The number of benzene rings is 2. The summed E-state index contributed by atoms with van der Waals surface area (Å²) in [6.07, 6.45) is 0. The molecule has 0 heterocycles. The fraction of sp³-hybridized carbons (Fsp3) is 0.300. The van der Waals surface area contributed by atoms with Crippen LogP contribution >= 0.6 is 11.6 Å². The number of hydrogen-bond donors (Lipinski definition) is 2. The van der Waals surface area contributed by atoms with Gasteiger partial charge in [-0.15, -0.1) is 0 Å². The van der Waals surface area contributed by atoms with Crippen LogP contribution in [0.4, 0.5) is 10.1 Å². The molecule has 0 bridgehead atoms. The average molecular weight is 408 g/mol. The zero-order chi connectivity index (χ0) is 20.7. The van der Waals surface area contributed by atoms with Gasteiger partial charge in [-0.2, -0.15) is 0 Å². The molecule has 0 aliphatic rings. The molecule has 0 spiro atoms. The quantitative estimate of drug-likeness (QED) is 0.705. The largest absolute Gasteiger partial charge is 0.494 e. The maximum absolute atomic E-state index is 13.7. The molecule has 2 rings (SSSR count). The maximum Gasteiger partial charge on any atom is 0.243 e. The van der Waals surface area contributed by atoms with Gasteiger partial charge in [0.2, 0.25) is 11.8 Å². The number of anilines is 1. The molecule has 0 aliphatic carbocycles. The molecule has 2 aromatic rings. The van der Waals surface area contributed by atoms with Crippen molar-refractivity contribution in [2.24, 2.45) is 0 Å². The third-order valence-electron chi connectivity index (χ3n) is 4.07. The van der Waals surface area contributed by atoms with E-state index in [0.717, 1.165) is 5.56 Å². The average Bonchev–Trinajstić information content (AvgIpc) is 2.64. The molecule has 2 N–H and O–H groups in total. The molecule has 0 aliphatic heterocycles. The Morgan fingerprint density at radius 2 is 1.96 bits per heavy atom. The highest BCUT2D eigenvalue weighted by Crippen LogP contribution is 2.22. The number of ether oxygens (including phenoxy) is 1. The maximum atomic E-state index is 13.7. The zero-order valence-electron chi connectivity index (χ0n) is 16.0. The van der Waals surface area contributed by atoms with Crippen LogP contribution in [0.1, 0.15) is 11.1 Å². The highest BCUT2D eigenvalue weighted by molar-refractivity contribution is 6.31. The van der Waals surface area contributed by atoms with Gasteiger partial charge in [0.15, 0.2) is 11.6 Å². The standard InChI is InChI=1S/C20H23ClFN3O3/c1-13-15(21)5-4-6-17(13)24-19(26)10-23-20(27)12-25(2)11-14-7-8-18(28-3)16(22)9-14/h4-9H,10-12H2,1-3H3,(H,23,27)(H,24,26). The molecule has 0 aromatic heterocycles. The van der Waals surface area contributed by atoms with E-state index in [1.165, 1.54) is 13.2 Å². The highest BCUT2D eigenvalue weighted by Gasteiger charge is 2.12. The lowest BCUT2D eigenvalue weighted by Gasteiger charge is -2.17. The van der Waals surface area contributed by atoms with E-state index in [2.05, 4.69) is 10.6 Å². The summed E-state index contributed by atoms with van der Waals surface area (Å²) in [6, 6.07) is 9.86. The molecule has 0 saturated carbocycles. The Kier molecular flexibility index (Phi) is 7.78. The van der Waals surface area contributed by atoms with Gasteiger partial charge in [-0.05, 0) is 49.4 Å². The lowest BCUT2D eigenvalue weighted by Crippen LogP contribution is -2.39. The van der Waals surface area contributed by atoms with Gasteiger partial charge >= 0.3 is 0 Å². The predicted octanol–water partition coefficient (Wildman–Crippen LogP) is 2.98. The number of nitrogens with one attached hydrogen (secondary N) is 2. The van der Waals surface area contributed by atoms with Crippen LogP contribution in [-0.2, 0) is 16.1 Å². The molecule has 0 radical (unpaired) electrons. The van der Waals surface area contributed by atoms with Crippen LogP contribution in [0.25, 0.3) is 0 Å². The van der Waals surface area contributed by atoms with Gasteiger partial charge < -0.3 is 15.4 Å². The third-order valence-corrected chi connectivity index (χ3v) is 4.48. The van der Waals surface area contributed by atoms with Gasteiger partial charge in [-0.1, -0.05) is 23.7 Å². The van der Waals surface area contributed by atoms with Gasteiger partial charge in [0.1, 0.15) is 0 Å². The van der Waals surface area contributed by atoms with E-state index in [9.17, 15) is 14.0 Å². The molecule has 2 aromatic carbocycles. The summed E-state index contributed by atoms with van der Waals surface area (Å²) in [7, 11) is 3.13. The number of hydrogen-bond acceptors (Lipinski definition) is 4. The van der Waals surface area contributed by atoms with E-state index in [-0.39, 0.29) is 30.7 Å². The molecular weight excluding hydrogens is 385 g/mol. The van der Waals surface area contributed by atoms with E-state index >= 15 is 0 Å². The van der Waals surface area contributed by atoms with E-state index in [1.54, 1.807) is 49.2 Å². The summed E-state index contributed by atoms with van der Waals surface area (Å²) in [6.45, 7) is 2.09. The highest BCUT2D eigenvalue weighted by atomic mass is 35.5. The molecule has 8 heteroatoms. The van der Waals surface area contributed by atoms with Crippen LogP contribution in [-0.4, -0.2) is 44.0 Å². The molecule has 150 valence electrons. The molecular formula is C20H23ClFN3O3. The second-order valence-corrected chi connectivity index (χ2v) is 6.79. The van der Waals surface area contributed by atoms with Gasteiger partial charge in [0, 0.05) is 17.3 Å². The van der Waals surface area contributed by atoms with Crippen LogP contribution < -0.4 is 15.4 Å². The number of halogens is 2. The molecule has 0 saturated heterocycles. The Balaban J connectivity index is 1.79. The summed E-state index contributed by atoms with van der Waals surface area (Å²) in [4.78, 5) is 25.8. The summed E-state index contributed by atoms with van der Waals surface area (Å²) in [5.41, 5.74) is 2.07. The first kappa shape index (κ1) is 21.7. The predicted molar refractivity (Wildman–Crippen MR) is 107 cm³/mol. The van der Waals surface area contributed by atoms with Gasteiger partial charge in [-0.25, -0.2) is 4.39 Å². The molecule has 2 amide bonds. The zero-order valence-corrected chi connectivity index (χ0v) is 16.8. The first-order chi connectivity index (χ1) is 13.3. The number of carbonyl (C=O) groups excluding carboxylic acids is 2. The minimum atomic E-state index is -0.453. The van der Waals surface area contributed by atoms with Crippen LogP contribution in [0.3, 0.4) is 0 Å². The molecule has 0 atom stereocenters. The normalized spacial score (nSPS) is 10.6. The molecule has 0 fully saturated rings. The Morgan fingerprint density at radius 3 is 2.64 bits per heavy atom. The van der Waals surface area contributed by atoms with Crippen molar-refractivity contribution in [3.05, 3.63) is 58.4 Å². The SMILES string of the molecule is COc1ccc(CN(C)CC(=O)NCC(=O)Nc2cccc(Cl)c2C)cc1F. The van der Waals surface area contributed by atoms with E-state index < -0.39 is 5.82 Å². The van der Waals surface area contributed by atoms with Crippen molar-refractivity contribution in [3.63, 3.8) is 0 Å². The van der Waals surface area contributed by atoms with Gasteiger partial charge in [0.05, 0.1) is 20.2 Å². The monoisotopic (exact) mass is 407 g/mol. The van der Waals surface area contributed by atoms with E-state index in [1.807, 2.05) is 0 Å². The van der Waals surface area contributed by atoms with Crippen molar-refractivity contribution in [1.82, 2.24) is 10.2 Å². The van der Waals surface area contributed by atoms with Crippen LogP contribution in [0.2, 0.25) is 5.02 Å². The Labute approximate surface area is 168 Å². The minimum absolute atomic E-state index is 0.0666. The summed E-state index contributed by atoms with van der Waals surface area (Å²) >= 11 is 6.02. The Morgan fingerprint density at radius 1 is 1.21 bits per heavy atom. The van der Waals surface area contributed by atoms with Gasteiger partial charge in [-0.3, -0.25) is 14.5 Å². The topological polar surface area (TPSA) is 70.7 Å². The van der Waals surface area contributed by atoms with E-state index in [0.29, 0.717) is 22.8 Å². The number of rotatable bonds is 8. The number of methoxy groups -OCH3 is 1. The smallest absolute Gasteiger partial charge is 0.243 e. The second kappa shape index (κ2) is 10.1. The van der Waals surface area contributed by atoms with Crippen molar-refractivity contribution < 1.29 is 18.7 Å². The van der Waals surface area contributed by atoms with Crippen molar-refractivity contribution >= 4 is 29.1 Å². The number of likely N-dealkylation sites (N-methyl/N-ethyl adjacent to an activating group) is 1. The Bertz CT molecular complexity index is 861. The summed E-state index contributed by atoms with van der Waals surface area (Å²) in [5.74, 6) is -0.941. The minimum Gasteiger partial charge on any atom is -0.494 e. The molecule has 28 heavy (non-hydrogen) atoms. The number of carbonyl (C=O) groups is 2. The number of amides is 2. The lowest BCUT2D eigenvalue weighted by atomic mass is 10.2. The molecule has 0 unspecified atom stereocenters. The summed E-state index contributed by atoms with van der Waals surface area (Å²) < 4.78 is 18.6. The number of nitrogens with zero attached hydrogens (tertiary/aromatic N) is 1. The Hall–Kier alpha value is -2.64. The van der Waals surface area contributed by atoms with Crippen molar-refractivity contribution in [3.8, 4) is 5.75 Å². The first-order valence-electron chi connectivity index (χ1n) is 8.62. The fourth-order valence-electron chi connectivity index (χ4n) is 2.59. The van der Waals surface area contributed by atoms with Crippen LogP contribution in [0.5, 0.6) is 5.75 Å². The van der Waals surface area contributed by atoms with Crippen LogP contribution in [0, 0.1) is 12.7 Å².